The van der Waals surface area contributed by atoms with Crippen molar-refractivity contribution in [2.45, 2.75) is 38.8 Å². The summed E-state index contributed by atoms with van der Waals surface area (Å²) >= 11 is 12.2. The van der Waals surface area contributed by atoms with Crippen LogP contribution < -0.4 is 19.6 Å². The molecule has 3 aliphatic heterocycles. The molecule has 5 rings (SSSR count). The van der Waals surface area contributed by atoms with Crippen molar-refractivity contribution in [3.05, 3.63) is 57.6 Å². The number of nitrogens with zero attached hydrogens (tertiary/aromatic N) is 2. The molecule has 0 unspecified atom stereocenters. The van der Waals surface area contributed by atoms with Gasteiger partial charge >= 0.3 is 0 Å². The number of hydrogen-bond donors (Lipinski definition) is 2. The predicted molar refractivity (Wildman–Crippen MR) is 136 cm³/mol. The zero-order valence-electron chi connectivity index (χ0n) is 20.1. The molecule has 188 valence electrons. The number of piperazine rings is 1. The number of anilines is 2. The summed E-state index contributed by atoms with van der Waals surface area (Å²) < 4.78 is 0. The monoisotopic (exact) mass is 530 g/mol. The molecule has 36 heavy (non-hydrogen) atoms. The van der Waals surface area contributed by atoms with E-state index in [9.17, 15) is 19.2 Å². The van der Waals surface area contributed by atoms with Crippen LogP contribution in [0.2, 0.25) is 10.0 Å². The van der Waals surface area contributed by atoms with Crippen molar-refractivity contribution < 1.29 is 29.0 Å². The Labute approximate surface area is 219 Å². The quantitative estimate of drug-likeness (QED) is 0.559. The topological polar surface area (TPSA) is 83.6 Å². The van der Waals surface area contributed by atoms with Crippen molar-refractivity contribution in [3.8, 4) is 0 Å². The number of quaternary nitrogens is 2. The van der Waals surface area contributed by atoms with E-state index in [0.29, 0.717) is 47.6 Å². The van der Waals surface area contributed by atoms with Gasteiger partial charge in [-0.25, -0.2) is 9.80 Å². The van der Waals surface area contributed by atoms with Crippen LogP contribution in [0.15, 0.2) is 36.4 Å². The third-order valence-electron chi connectivity index (χ3n) is 7.64. The van der Waals surface area contributed by atoms with Gasteiger partial charge in [-0.15, -0.1) is 0 Å². The number of nitrogens with one attached hydrogen (secondary N) is 2. The molecule has 3 saturated heterocycles. The third kappa shape index (κ3) is 4.32. The highest BCUT2D eigenvalue weighted by molar-refractivity contribution is 6.32. The summed E-state index contributed by atoms with van der Waals surface area (Å²) in [5.41, 5.74) is 2.70. The summed E-state index contributed by atoms with van der Waals surface area (Å²) in [5.74, 6) is -0.861. The molecule has 2 atom stereocenters. The third-order valence-corrected chi connectivity index (χ3v) is 8.11. The average molecular weight is 531 g/mol. The van der Waals surface area contributed by atoms with Crippen LogP contribution in [0.5, 0.6) is 0 Å². The van der Waals surface area contributed by atoms with Crippen molar-refractivity contribution in [1.82, 2.24) is 0 Å². The number of rotatable bonds is 4. The highest BCUT2D eigenvalue weighted by atomic mass is 35.5. The maximum absolute atomic E-state index is 13.3. The van der Waals surface area contributed by atoms with Crippen LogP contribution >= 0.6 is 23.2 Å². The predicted octanol–water partition coefficient (Wildman–Crippen LogP) is 0.358. The van der Waals surface area contributed by atoms with Crippen LogP contribution in [-0.2, 0) is 19.2 Å². The van der Waals surface area contributed by atoms with Crippen LogP contribution in [-0.4, -0.2) is 61.9 Å². The smallest absolute Gasteiger partial charge is 0.292 e. The van der Waals surface area contributed by atoms with Crippen LogP contribution in [0.3, 0.4) is 0 Å². The van der Waals surface area contributed by atoms with Gasteiger partial charge in [0.15, 0.2) is 12.1 Å². The first-order valence-corrected chi connectivity index (χ1v) is 12.9. The molecule has 8 nitrogen and oxygen atoms in total. The summed E-state index contributed by atoms with van der Waals surface area (Å²) in [6.07, 6.45) is 0.302. The first-order chi connectivity index (χ1) is 17.2. The van der Waals surface area contributed by atoms with Crippen molar-refractivity contribution in [3.63, 3.8) is 0 Å². The molecule has 2 aromatic carbocycles. The summed E-state index contributed by atoms with van der Waals surface area (Å²) in [6.45, 7) is 6.24. The standard InChI is InChI=1S/C26H26Cl2N4O4/c1-15-3-5-17(27)11-19(15)31-23(33)13-21(25(31)35)29-7-9-30(10-8-29)22-14-24(34)32(26(22)36)20-12-18(28)6-4-16(20)2/h3-6,11-12,21-22H,7-10,13-14H2,1-2H3/p+2/t21-,22-/m1/s1. The van der Waals surface area contributed by atoms with Gasteiger partial charge in [0.2, 0.25) is 11.8 Å². The molecule has 0 radical (unpaired) electrons. The summed E-state index contributed by atoms with van der Waals surface area (Å²) in [5, 5.41) is 0.948. The van der Waals surface area contributed by atoms with Crippen LogP contribution in [0.25, 0.3) is 0 Å². The van der Waals surface area contributed by atoms with Crippen LogP contribution in [0.1, 0.15) is 24.0 Å². The van der Waals surface area contributed by atoms with Gasteiger partial charge in [-0.3, -0.25) is 19.2 Å². The Bertz CT molecular complexity index is 1180. The van der Waals surface area contributed by atoms with E-state index < -0.39 is 12.1 Å². The molecule has 3 heterocycles. The van der Waals surface area contributed by atoms with Gasteiger partial charge in [0, 0.05) is 10.0 Å². The second kappa shape index (κ2) is 9.59. The highest BCUT2D eigenvalue weighted by Crippen LogP contribution is 2.30. The summed E-state index contributed by atoms with van der Waals surface area (Å²) in [6, 6.07) is 9.47. The number of carbonyl (C=O) groups excluding carboxylic acids is 4. The number of amides is 4. The van der Waals surface area contributed by atoms with Gasteiger partial charge in [0.05, 0.1) is 24.2 Å². The fraction of sp³-hybridized carbons (Fsp3) is 0.385. The lowest BCUT2D eigenvalue weighted by Crippen LogP contribution is -3.31. The van der Waals surface area contributed by atoms with Gasteiger partial charge in [-0.05, 0) is 49.2 Å². The minimum atomic E-state index is -0.455. The van der Waals surface area contributed by atoms with Gasteiger partial charge in [-0.1, -0.05) is 35.3 Å². The van der Waals surface area contributed by atoms with Gasteiger partial charge in [0.1, 0.15) is 26.2 Å². The number of carbonyl (C=O) groups is 4. The van der Waals surface area contributed by atoms with Crippen LogP contribution in [0.4, 0.5) is 11.4 Å². The van der Waals surface area contributed by atoms with Crippen molar-refractivity contribution in [2.24, 2.45) is 0 Å². The normalized spacial score (nSPS) is 26.9. The number of aryl methyl sites for hydroxylation is 2. The lowest BCUT2D eigenvalue weighted by atomic mass is 10.1. The van der Waals surface area contributed by atoms with E-state index in [4.69, 9.17) is 23.2 Å². The second-order valence-electron chi connectivity index (χ2n) is 9.83. The largest absolute Gasteiger partial charge is 0.315 e. The molecular weight excluding hydrogens is 503 g/mol. The van der Waals surface area contributed by atoms with Crippen molar-refractivity contribution in [2.75, 3.05) is 36.0 Å². The number of imide groups is 2. The first-order valence-electron chi connectivity index (χ1n) is 12.1. The lowest BCUT2D eigenvalue weighted by Gasteiger charge is -2.34. The Balaban J connectivity index is 1.26. The minimum absolute atomic E-state index is 0.151. The molecule has 0 saturated carbocycles. The molecular formula is C26H28Cl2N4O4+2. The molecule has 10 heteroatoms. The van der Waals surface area contributed by atoms with Gasteiger partial charge < -0.3 is 9.80 Å². The SMILES string of the molecule is Cc1ccc(Cl)cc1N1C(=O)C[C@@H]([NH+]2CC[NH+]([C@@H]3CC(=O)N(c4cc(Cl)ccc4C)C3=O)CC2)C1=O. The molecule has 2 N–H and O–H groups in total. The molecule has 0 spiro atoms. The number of benzene rings is 2. The molecule has 4 amide bonds. The molecule has 2 aromatic rings. The number of hydrogen-bond acceptors (Lipinski definition) is 4. The van der Waals surface area contributed by atoms with Gasteiger partial charge in [0.25, 0.3) is 11.8 Å². The molecule has 0 aliphatic carbocycles. The zero-order chi connectivity index (χ0) is 25.7. The van der Waals surface area contributed by atoms with E-state index in [-0.39, 0.29) is 36.5 Å². The first kappa shape index (κ1) is 24.9. The molecule has 3 aliphatic rings. The highest BCUT2D eigenvalue weighted by Gasteiger charge is 2.51. The minimum Gasteiger partial charge on any atom is -0.315 e. The van der Waals surface area contributed by atoms with Crippen molar-refractivity contribution in [1.29, 1.82) is 0 Å². The Kier molecular flexibility index (Phi) is 6.63. The van der Waals surface area contributed by atoms with E-state index in [0.717, 1.165) is 20.9 Å². The Hall–Kier alpha value is -2.78. The molecule has 0 bridgehead atoms. The van der Waals surface area contributed by atoms with E-state index in [2.05, 4.69) is 0 Å². The summed E-state index contributed by atoms with van der Waals surface area (Å²) in [7, 11) is 0. The van der Waals surface area contributed by atoms with Gasteiger partial charge in [-0.2, -0.15) is 0 Å². The summed E-state index contributed by atoms with van der Waals surface area (Å²) in [4.78, 5) is 56.8. The molecule has 0 aromatic heterocycles. The number of halogens is 2. The van der Waals surface area contributed by atoms with E-state index in [1.165, 1.54) is 9.80 Å². The Morgan fingerprint density at radius 2 is 1.03 bits per heavy atom. The fourth-order valence-electron chi connectivity index (χ4n) is 5.64. The fourth-order valence-corrected chi connectivity index (χ4v) is 5.98. The lowest BCUT2D eigenvalue weighted by molar-refractivity contribution is -1.02. The van der Waals surface area contributed by atoms with E-state index in [1.54, 1.807) is 36.4 Å². The second-order valence-corrected chi connectivity index (χ2v) is 10.7. The van der Waals surface area contributed by atoms with E-state index in [1.807, 2.05) is 13.8 Å². The Morgan fingerprint density at radius 1 is 0.667 bits per heavy atom. The van der Waals surface area contributed by atoms with Crippen LogP contribution in [0, 0.1) is 13.8 Å². The maximum Gasteiger partial charge on any atom is 0.292 e. The van der Waals surface area contributed by atoms with E-state index >= 15 is 0 Å². The maximum atomic E-state index is 13.3. The zero-order valence-corrected chi connectivity index (χ0v) is 21.7. The molecule has 3 fully saturated rings. The van der Waals surface area contributed by atoms with Crippen molar-refractivity contribution >= 4 is 58.2 Å². The average Bonchev–Trinajstić information content (AvgIpc) is 3.31. The Morgan fingerprint density at radius 3 is 1.39 bits per heavy atom.